The Hall–Kier alpha value is -1.88. The van der Waals surface area contributed by atoms with Gasteiger partial charge < -0.3 is 14.6 Å². The van der Waals surface area contributed by atoms with E-state index in [0.717, 1.165) is 23.0 Å². The van der Waals surface area contributed by atoms with Gasteiger partial charge in [0.1, 0.15) is 11.9 Å². The van der Waals surface area contributed by atoms with E-state index in [-0.39, 0.29) is 11.7 Å². The first-order chi connectivity index (χ1) is 10.0. The molecule has 1 aromatic heterocycles. The molecule has 0 aliphatic rings. The number of amides is 1. The molecule has 0 saturated carbocycles. The average molecular weight is 292 g/mol. The number of nitrogens with one attached hydrogen (secondary N) is 1. The number of benzene rings is 1. The van der Waals surface area contributed by atoms with Crippen LogP contribution in [0.1, 0.15) is 26.0 Å². The minimum absolute atomic E-state index is 0.0618. The number of carbonyl (C=O) groups excluding carboxylic acids is 1. The number of aromatic nitrogens is 1. The standard InChI is InChI=1S/C16H21FN2O2/c1-4-7-21-11(2)16(20)19(3)10-14-9-12-8-13(17)5-6-15(12)18-14/h5-6,8-9,11,18H,4,7,10H2,1-3H3/t11-/m1/s1. The molecule has 0 aliphatic carbocycles. The van der Waals surface area contributed by atoms with Gasteiger partial charge in [-0.2, -0.15) is 0 Å². The van der Waals surface area contributed by atoms with Crippen LogP contribution in [0.3, 0.4) is 0 Å². The van der Waals surface area contributed by atoms with Crippen molar-refractivity contribution in [2.75, 3.05) is 13.7 Å². The van der Waals surface area contributed by atoms with E-state index in [1.54, 1.807) is 24.9 Å². The molecule has 1 amide bonds. The molecule has 1 heterocycles. The van der Waals surface area contributed by atoms with Gasteiger partial charge in [0.25, 0.3) is 5.91 Å². The molecule has 1 atom stereocenters. The zero-order valence-corrected chi connectivity index (χ0v) is 12.6. The Labute approximate surface area is 123 Å². The lowest BCUT2D eigenvalue weighted by atomic mass is 10.2. The highest BCUT2D eigenvalue weighted by atomic mass is 19.1. The molecular weight excluding hydrogens is 271 g/mol. The lowest BCUT2D eigenvalue weighted by Crippen LogP contribution is -2.36. The molecule has 2 rings (SSSR count). The Balaban J connectivity index is 2.03. The molecule has 4 nitrogen and oxygen atoms in total. The molecule has 0 unspecified atom stereocenters. The Kier molecular flexibility index (Phi) is 4.96. The van der Waals surface area contributed by atoms with Crippen molar-refractivity contribution < 1.29 is 13.9 Å². The lowest BCUT2D eigenvalue weighted by Gasteiger charge is -2.21. The maximum atomic E-state index is 13.2. The molecule has 114 valence electrons. The quantitative estimate of drug-likeness (QED) is 0.889. The first-order valence-electron chi connectivity index (χ1n) is 7.15. The molecule has 0 fully saturated rings. The predicted molar refractivity (Wildman–Crippen MR) is 80.4 cm³/mol. The fourth-order valence-corrected chi connectivity index (χ4v) is 2.26. The number of likely N-dealkylation sites (N-methyl/N-ethyl adjacent to an activating group) is 1. The van der Waals surface area contributed by atoms with E-state index in [2.05, 4.69) is 4.98 Å². The second-order valence-electron chi connectivity index (χ2n) is 5.23. The summed E-state index contributed by atoms with van der Waals surface area (Å²) in [6, 6.07) is 6.45. The van der Waals surface area contributed by atoms with E-state index < -0.39 is 6.10 Å². The van der Waals surface area contributed by atoms with Crippen LogP contribution in [0.2, 0.25) is 0 Å². The van der Waals surface area contributed by atoms with Crippen molar-refractivity contribution in [3.63, 3.8) is 0 Å². The van der Waals surface area contributed by atoms with Gasteiger partial charge in [-0.3, -0.25) is 4.79 Å². The van der Waals surface area contributed by atoms with Crippen LogP contribution in [-0.2, 0) is 16.1 Å². The molecule has 2 aromatic rings. The molecule has 0 saturated heterocycles. The van der Waals surface area contributed by atoms with Crippen LogP contribution in [0.4, 0.5) is 4.39 Å². The summed E-state index contributed by atoms with van der Waals surface area (Å²) in [6.07, 6.45) is 0.436. The van der Waals surface area contributed by atoms with Gasteiger partial charge in [0.15, 0.2) is 0 Å². The topological polar surface area (TPSA) is 45.3 Å². The fraction of sp³-hybridized carbons (Fsp3) is 0.438. The number of hydrogen-bond donors (Lipinski definition) is 1. The average Bonchev–Trinajstić information content (AvgIpc) is 2.84. The first kappa shape index (κ1) is 15.5. The number of aromatic amines is 1. The van der Waals surface area contributed by atoms with Gasteiger partial charge in [-0.1, -0.05) is 6.92 Å². The fourth-order valence-electron chi connectivity index (χ4n) is 2.26. The summed E-state index contributed by atoms with van der Waals surface area (Å²) in [4.78, 5) is 17.0. The van der Waals surface area contributed by atoms with E-state index in [9.17, 15) is 9.18 Å². The largest absolute Gasteiger partial charge is 0.369 e. The van der Waals surface area contributed by atoms with Crippen molar-refractivity contribution in [2.24, 2.45) is 0 Å². The van der Waals surface area contributed by atoms with Crippen molar-refractivity contribution >= 4 is 16.8 Å². The van der Waals surface area contributed by atoms with Crippen LogP contribution in [-0.4, -0.2) is 35.5 Å². The number of halogens is 1. The molecule has 0 spiro atoms. The van der Waals surface area contributed by atoms with Gasteiger partial charge in [-0.15, -0.1) is 0 Å². The van der Waals surface area contributed by atoms with Gasteiger partial charge >= 0.3 is 0 Å². The molecule has 0 aliphatic heterocycles. The van der Waals surface area contributed by atoms with Gasteiger partial charge in [0, 0.05) is 30.3 Å². The number of nitrogens with zero attached hydrogens (tertiary/aromatic N) is 1. The molecular formula is C16H21FN2O2. The molecule has 0 radical (unpaired) electrons. The SMILES string of the molecule is CCCO[C@H](C)C(=O)N(C)Cc1cc2cc(F)ccc2[nH]1. The van der Waals surface area contributed by atoms with Crippen LogP contribution >= 0.6 is 0 Å². The predicted octanol–water partition coefficient (Wildman–Crippen LogP) is 3.08. The van der Waals surface area contributed by atoms with E-state index in [1.807, 2.05) is 13.0 Å². The second kappa shape index (κ2) is 6.72. The Morgan fingerprint density at radius 2 is 2.19 bits per heavy atom. The highest BCUT2D eigenvalue weighted by Gasteiger charge is 2.18. The van der Waals surface area contributed by atoms with E-state index >= 15 is 0 Å². The Morgan fingerprint density at radius 3 is 2.90 bits per heavy atom. The monoisotopic (exact) mass is 292 g/mol. The van der Waals surface area contributed by atoms with Crippen LogP contribution < -0.4 is 0 Å². The van der Waals surface area contributed by atoms with Crippen LogP contribution in [0.5, 0.6) is 0 Å². The summed E-state index contributed by atoms with van der Waals surface area (Å²) in [5.74, 6) is -0.327. The molecule has 1 aromatic carbocycles. The smallest absolute Gasteiger partial charge is 0.251 e. The molecule has 1 N–H and O–H groups in total. The third-order valence-corrected chi connectivity index (χ3v) is 3.34. The van der Waals surface area contributed by atoms with Crippen LogP contribution in [0.25, 0.3) is 10.9 Å². The summed E-state index contributed by atoms with van der Waals surface area (Å²) in [5, 5.41) is 0.807. The normalized spacial score (nSPS) is 12.6. The maximum Gasteiger partial charge on any atom is 0.251 e. The maximum absolute atomic E-state index is 13.2. The van der Waals surface area contributed by atoms with Gasteiger partial charge in [0.05, 0.1) is 6.54 Å². The molecule has 0 bridgehead atoms. The van der Waals surface area contributed by atoms with E-state index in [1.165, 1.54) is 12.1 Å². The van der Waals surface area contributed by atoms with Gasteiger partial charge in [-0.05, 0) is 37.6 Å². The van der Waals surface area contributed by atoms with Crippen LogP contribution in [0.15, 0.2) is 24.3 Å². The number of hydrogen-bond acceptors (Lipinski definition) is 2. The van der Waals surface area contributed by atoms with Gasteiger partial charge in [-0.25, -0.2) is 4.39 Å². The highest BCUT2D eigenvalue weighted by Crippen LogP contribution is 2.17. The number of rotatable bonds is 6. The van der Waals surface area contributed by atoms with Crippen LogP contribution in [0, 0.1) is 5.82 Å². The molecule has 21 heavy (non-hydrogen) atoms. The highest BCUT2D eigenvalue weighted by molar-refractivity contribution is 5.82. The number of fused-ring (bicyclic) bond motifs is 1. The third kappa shape index (κ3) is 3.82. The summed E-state index contributed by atoms with van der Waals surface area (Å²) >= 11 is 0. The number of H-pyrrole nitrogens is 1. The third-order valence-electron chi connectivity index (χ3n) is 3.34. The summed E-state index contributed by atoms with van der Waals surface area (Å²) in [7, 11) is 1.74. The summed E-state index contributed by atoms with van der Waals surface area (Å²) < 4.78 is 18.6. The number of ether oxygens (including phenoxy) is 1. The summed E-state index contributed by atoms with van der Waals surface area (Å²) in [6.45, 7) is 4.78. The zero-order valence-electron chi connectivity index (χ0n) is 12.6. The van der Waals surface area contributed by atoms with Crippen molar-refractivity contribution in [3.05, 3.63) is 35.8 Å². The first-order valence-corrected chi connectivity index (χ1v) is 7.15. The second-order valence-corrected chi connectivity index (χ2v) is 5.23. The van der Waals surface area contributed by atoms with E-state index in [0.29, 0.717) is 13.2 Å². The van der Waals surface area contributed by atoms with E-state index in [4.69, 9.17) is 4.74 Å². The van der Waals surface area contributed by atoms with Crippen molar-refractivity contribution in [1.82, 2.24) is 9.88 Å². The summed E-state index contributed by atoms with van der Waals surface area (Å²) in [5.41, 5.74) is 1.73. The van der Waals surface area contributed by atoms with Crippen molar-refractivity contribution in [3.8, 4) is 0 Å². The minimum Gasteiger partial charge on any atom is -0.369 e. The van der Waals surface area contributed by atoms with Crippen molar-refractivity contribution in [1.29, 1.82) is 0 Å². The number of carbonyl (C=O) groups is 1. The Bertz CT molecular complexity index is 624. The minimum atomic E-state index is -0.447. The molecule has 5 heteroatoms. The van der Waals surface area contributed by atoms with Gasteiger partial charge in [0.2, 0.25) is 0 Å². The lowest BCUT2D eigenvalue weighted by molar-refractivity contribution is -0.141. The zero-order chi connectivity index (χ0) is 15.4. The Morgan fingerprint density at radius 1 is 1.43 bits per heavy atom. The van der Waals surface area contributed by atoms with Crippen molar-refractivity contribution in [2.45, 2.75) is 32.9 Å².